The number of nitrogens with one attached hydrogen (secondary N) is 1. The maximum Gasteiger partial charge on any atom is 0.230 e. The van der Waals surface area contributed by atoms with Crippen molar-refractivity contribution in [3.8, 4) is 5.75 Å². The van der Waals surface area contributed by atoms with E-state index < -0.39 is 11.5 Å². The minimum atomic E-state index is -0.743. The molecule has 0 aliphatic heterocycles. The number of carbonyl (C=O) groups excluding carboxylic acids is 1. The van der Waals surface area contributed by atoms with Crippen LogP contribution in [0, 0.1) is 0 Å². The van der Waals surface area contributed by atoms with Gasteiger partial charge in [-0.05, 0) is 48.1 Å². The van der Waals surface area contributed by atoms with E-state index in [1.807, 2.05) is 66.3 Å². The Balaban J connectivity index is 1.46. The quantitative estimate of drug-likeness (QED) is 0.707. The Morgan fingerprint density at radius 3 is 2.78 bits per heavy atom. The van der Waals surface area contributed by atoms with Gasteiger partial charge in [0.05, 0.1) is 18.6 Å². The minimum Gasteiger partial charge on any atom is -0.496 e. The number of benzene rings is 2. The average Bonchev–Trinajstić information content (AvgIpc) is 3.44. The Morgan fingerprint density at radius 2 is 2.04 bits per heavy atom. The van der Waals surface area contributed by atoms with Gasteiger partial charge in [-0.3, -0.25) is 4.79 Å². The lowest BCUT2D eigenvalue weighted by molar-refractivity contribution is -0.124. The molecule has 5 heteroatoms. The van der Waals surface area contributed by atoms with Crippen LogP contribution >= 0.6 is 0 Å². The molecule has 0 bridgehead atoms. The molecule has 1 fully saturated rings. The molecule has 1 saturated carbocycles. The number of amides is 1. The van der Waals surface area contributed by atoms with E-state index in [-0.39, 0.29) is 12.5 Å². The molecular formula is C22H24N2O3. The van der Waals surface area contributed by atoms with Gasteiger partial charge in [-0.25, -0.2) is 0 Å². The number of ether oxygens (including phenoxy) is 1. The maximum atomic E-state index is 12.9. The normalized spacial score (nSPS) is 16.1. The van der Waals surface area contributed by atoms with E-state index in [9.17, 15) is 9.90 Å². The van der Waals surface area contributed by atoms with Crippen LogP contribution in [0.3, 0.4) is 0 Å². The van der Waals surface area contributed by atoms with Crippen molar-refractivity contribution in [3.63, 3.8) is 0 Å². The van der Waals surface area contributed by atoms with E-state index >= 15 is 0 Å². The molecule has 1 amide bonds. The SMILES string of the molecule is COc1ccccc1C1(C(=O)NC[C@@H](O)c2ccc3c(ccn3C)c2)CC1. The molecule has 1 aliphatic rings. The first kappa shape index (κ1) is 17.6. The number of carbonyl (C=O) groups is 1. The molecule has 2 aromatic carbocycles. The lowest BCUT2D eigenvalue weighted by atomic mass is 9.93. The maximum absolute atomic E-state index is 12.9. The standard InChI is InChI=1S/C22H24N2O3/c1-24-12-9-15-13-16(7-8-18(15)24)19(25)14-23-21(26)22(10-11-22)17-5-3-4-6-20(17)27-2/h3-9,12-13,19,25H,10-11,14H2,1-2H3,(H,23,26)/t19-/m1/s1. The first-order valence-electron chi connectivity index (χ1n) is 9.20. The predicted molar refractivity (Wildman–Crippen MR) is 105 cm³/mol. The average molecular weight is 364 g/mol. The van der Waals surface area contributed by atoms with Crippen molar-refractivity contribution < 1.29 is 14.6 Å². The van der Waals surface area contributed by atoms with E-state index in [0.717, 1.165) is 40.6 Å². The van der Waals surface area contributed by atoms with Gasteiger partial charge < -0.3 is 19.7 Å². The fraction of sp³-hybridized carbons (Fsp3) is 0.318. The van der Waals surface area contributed by atoms with Crippen LogP contribution in [0.1, 0.15) is 30.1 Å². The van der Waals surface area contributed by atoms with E-state index in [4.69, 9.17) is 4.74 Å². The van der Waals surface area contributed by atoms with Crippen LogP contribution in [-0.2, 0) is 17.3 Å². The van der Waals surface area contributed by atoms with E-state index in [2.05, 4.69) is 5.32 Å². The summed E-state index contributed by atoms with van der Waals surface area (Å²) in [6, 6.07) is 15.6. The number of methoxy groups -OCH3 is 1. The first-order chi connectivity index (χ1) is 13.0. The topological polar surface area (TPSA) is 63.5 Å². The van der Waals surface area contributed by atoms with Gasteiger partial charge in [0.2, 0.25) is 5.91 Å². The second-order valence-electron chi connectivity index (χ2n) is 7.25. The Bertz CT molecular complexity index is 988. The van der Waals surface area contributed by atoms with Gasteiger partial charge in [0.25, 0.3) is 0 Å². The van der Waals surface area contributed by atoms with E-state index in [0.29, 0.717) is 0 Å². The van der Waals surface area contributed by atoms with Crippen LogP contribution in [0.25, 0.3) is 10.9 Å². The minimum absolute atomic E-state index is 0.0492. The summed E-state index contributed by atoms with van der Waals surface area (Å²) >= 11 is 0. The highest BCUT2D eigenvalue weighted by molar-refractivity contribution is 5.92. The molecule has 1 aliphatic carbocycles. The monoisotopic (exact) mass is 364 g/mol. The third-order valence-corrected chi connectivity index (χ3v) is 5.56. The molecule has 0 spiro atoms. The van der Waals surface area contributed by atoms with Crippen LogP contribution in [-0.4, -0.2) is 29.2 Å². The second kappa shape index (κ2) is 6.74. The van der Waals surface area contributed by atoms with Gasteiger partial charge in [0.1, 0.15) is 5.75 Å². The number of para-hydroxylation sites is 1. The molecule has 3 aromatic rings. The smallest absolute Gasteiger partial charge is 0.230 e. The number of rotatable bonds is 6. The number of aliphatic hydroxyl groups excluding tert-OH is 1. The van der Waals surface area contributed by atoms with Gasteiger partial charge in [0, 0.05) is 30.9 Å². The van der Waals surface area contributed by atoms with Crippen molar-refractivity contribution in [1.82, 2.24) is 9.88 Å². The van der Waals surface area contributed by atoms with E-state index in [1.165, 1.54) is 0 Å². The Morgan fingerprint density at radius 1 is 1.26 bits per heavy atom. The van der Waals surface area contributed by atoms with Crippen LogP contribution in [0.15, 0.2) is 54.7 Å². The number of aryl methyl sites for hydroxylation is 1. The fourth-order valence-corrected chi connectivity index (χ4v) is 3.77. The van der Waals surface area contributed by atoms with Crippen molar-refractivity contribution in [2.75, 3.05) is 13.7 Å². The Kier molecular flexibility index (Phi) is 4.40. The van der Waals surface area contributed by atoms with Gasteiger partial charge >= 0.3 is 0 Å². The van der Waals surface area contributed by atoms with Crippen molar-refractivity contribution >= 4 is 16.8 Å². The third kappa shape index (κ3) is 3.08. The number of hydrogen-bond acceptors (Lipinski definition) is 3. The van der Waals surface area contributed by atoms with Crippen molar-refractivity contribution in [3.05, 3.63) is 65.9 Å². The second-order valence-corrected chi connectivity index (χ2v) is 7.25. The summed E-state index contributed by atoms with van der Waals surface area (Å²) in [4.78, 5) is 12.9. The first-order valence-corrected chi connectivity index (χ1v) is 9.20. The predicted octanol–water partition coefficient (Wildman–Crippen LogP) is 3.07. The molecule has 140 valence electrons. The van der Waals surface area contributed by atoms with Crippen LogP contribution < -0.4 is 10.1 Å². The van der Waals surface area contributed by atoms with Crippen molar-refractivity contribution in [2.45, 2.75) is 24.4 Å². The van der Waals surface area contributed by atoms with E-state index in [1.54, 1.807) is 7.11 Å². The lowest BCUT2D eigenvalue weighted by Gasteiger charge is -2.20. The summed E-state index contributed by atoms with van der Waals surface area (Å²) in [5.74, 6) is 0.687. The largest absolute Gasteiger partial charge is 0.496 e. The molecule has 1 atom stereocenters. The van der Waals surface area contributed by atoms with Crippen molar-refractivity contribution in [1.29, 1.82) is 0 Å². The van der Waals surface area contributed by atoms with Crippen LogP contribution in [0.4, 0.5) is 0 Å². The summed E-state index contributed by atoms with van der Waals surface area (Å²) in [6.07, 6.45) is 2.84. The molecule has 4 rings (SSSR count). The molecule has 5 nitrogen and oxygen atoms in total. The summed E-state index contributed by atoms with van der Waals surface area (Å²) in [5, 5.41) is 14.6. The van der Waals surface area contributed by atoms with Gasteiger partial charge in [-0.2, -0.15) is 0 Å². The van der Waals surface area contributed by atoms with Gasteiger partial charge in [0.15, 0.2) is 0 Å². The highest BCUT2D eigenvalue weighted by Gasteiger charge is 2.52. The Labute approximate surface area is 158 Å². The number of nitrogens with zero attached hydrogens (tertiary/aromatic N) is 1. The van der Waals surface area contributed by atoms with Crippen LogP contribution in [0.5, 0.6) is 5.75 Å². The summed E-state index contributed by atoms with van der Waals surface area (Å²) < 4.78 is 7.47. The number of fused-ring (bicyclic) bond motifs is 1. The highest BCUT2D eigenvalue weighted by Crippen LogP contribution is 2.51. The number of aliphatic hydroxyl groups is 1. The van der Waals surface area contributed by atoms with Gasteiger partial charge in [-0.15, -0.1) is 0 Å². The number of aromatic nitrogens is 1. The summed E-state index contributed by atoms with van der Waals surface area (Å²) in [7, 11) is 3.61. The zero-order chi connectivity index (χ0) is 19.0. The number of hydrogen-bond donors (Lipinski definition) is 2. The summed E-state index contributed by atoms with van der Waals surface area (Å²) in [5.41, 5.74) is 2.31. The molecule has 2 N–H and O–H groups in total. The highest BCUT2D eigenvalue weighted by atomic mass is 16.5. The molecule has 0 radical (unpaired) electrons. The lowest BCUT2D eigenvalue weighted by Crippen LogP contribution is -2.37. The molecule has 27 heavy (non-hydrogen) atoms. The molecule has 1 aromatic heterocycles. The molecule has 1 heterocycles. The zero-order valence-electron chi connectivity index (χ0n) is 15.6. The fourth-order valence-electron chi connectivity index (χ4n) is 3.77. The third-order valence-electron chi connectivity index (χ3n) is 5.56. The van der Waals surface area contributed by atoms with Crippen molar-refractivity contribution in [2.24, 2.45) is 7.05 Å². The van der Waals surface area contributed by atoms with Crippen LogP contribution in [0.2, 0.25) is 0 Å². The van der Waals surface area contributed by atoms with Gasteiger partial charge in [-0.1, -0.05) is 24.3 Å². The Hall–Kier alpha value is -2.79. The summed E-state index contributed by atoms with van der Waals surface area (Å²) in [6.45, 7) is 0.189. The zero-order valence-corrected chi connectivity index (χ0v) is 15.6. The molecular weight excluding hydrogens is 340 g/mol. The molecule has 0 unspecified atom stereocenters. The molecule has 0 saturated heterocycles.